The summed E-state index contributed by atoms with van der Waals surface area (Å²) in [6.45, 7) is 0.506. The first-order chi connectivity index (χ1) is 15.4. The molecule has 0 saturated heterocycles. The smallest absolute Gasteiger partial charge is 0.259 e. The third-order valence-corrected chi connectivity index (χ3v) is 5.83. The summed E-state index contributed by atoms with van der Waals surface area (Å²) in [5.41, 5.74) is 5.12. The molecule has 0 heterocycles. The number of halogens is 3. The number of rotatable bonds is 9. The molecule has 0 aliphatic heterocycles. The summed E-state index contributed by atoms with van der Waals surface area (Å²) < 4.78 is 13.4. The number of benzene rings is 3. The summed E-state index contributed by atoms with van der Waals surface area (Å²) in [7, 11) is 1.59. The zero-order valence-corrected chi connectivity index (χ0v) is 21.6. The van der Waals surface area contributed by atoms with Crippen molar-refractivity contribution < 1.29 is 14.3 Å². The van der Waals surface area contributed by atoms with Crippen molar-refractivity contribution >= 4 is 67.9 Å². The highest BCUT2D eigenvalue weighted by molar-refractivity contribution is 14.1. The Morgan fingerprint density at radius 2 is 1.88 bits per heavy atom. The number of nitrogens with one attached hydrogen (secondary N) is 2. The Balaban J connectivity index is 1.57. The Morgan fingerprint density at radius 1 is 1.16 bits per heavy atom. The maximum atomic E-state index is 12.0. The van der Waals surface area contributed by atoms with Gasteiger partial charge in [0.25, 0.3) is 5.91 Å². The molecule has 6 nitrogen and oxygen atoms in total. The van der Waals surface area contributed by atoms with Crippen LogP contribution in [0, 0.1) is 3.57 Å². The van der Waals surface area contributed by atoms with E-state index in [4.69, 9.17) is 21.1 Å². The number of ether oxygens (including phenoxy) is 2. The van der Waals surface area contributed by atoms with Gasteiger partial charge in [-0.05, 0) is 82.2 Å². The van der Waals surface area contributed by atoms with Gasteiger partial charge in [0.05, 0.1) is 23.4 Å². The van der Waals surface area contributed by atoms with Gasteiger partial charge in [-0.25, -0.2) is 5.43 Å². The lowest BCUT2D eigenvalue weighted by molar-refractivity contribution is -0.119. The number of methoxy groups -OCH3 is 1. The third-order valence-electron chi connectivity index (χ3n) is 4.25. The third kappa shape index (κ3) is 7.39. The Bertz CT molecular complexity index is 1090. The fraction of sp³-hybridized carbons (Fsp3) is 0.130. The number of hydrogen-bond acceptors (Lipinski definition) is 5. The summed E-state index contributed by atoms with van der Waals surface area (Å²) in [4.78, 5) is 12.0. The second-order valence-electron chi connectivity index (χ2n) is 6.60. The molecule has 166 valence electrons. The van der Waals surface area contributed by atoms with Crippen molar-refractivity contribution in [2.75, 3.05) is 19.0 Å². The van der Waals surface area contributed by atoms with Crippen LogP contribution in [-0.2, 0) is 11.4 Å². The molecule has 0 aliphatic carbocycles. The van der Waals surface area contributed by atoms with Gasteiger partial charge in [-0.15, -0.1) is 0 Å². The van der Waals surface area contributed by atoms with Crippen molar-refractivity contribution in [3.05, 3.63) is 84.9 Å². The molecule has 2 N–H and O–H groups in total. The Morgan fingerprint density at radius 3 is 2.56 bits per heavy atom. The topological polar surface area (TPSA) is 72.0 Å². The molecule has 0 spiro atoms. The van der Waals surface area contributed by atoms with Gasteiger partial charge in [-0.2, -0.15) is 5.10 Å². The molecule has 1 amide bonds. The number of hydrogen-bond donors (Lipinski definition) is 2. The van der Waals surface area contributed by atoms with Crippen LogP contribution in [0.3, 0.4) is 0 Å². The molecule has 0 unspecified atom stereocenters. The zero-order chi connectivity index (χ0) is 22.9. The second-order valence-corrected chi connectivity index (χ2v) is 9.12. The molecule has 3 rings (SSSR count). The predicted molar refractivity (Wildman–Crippen MR) is 140 cm³/mol. The van der Waals surface area contributed by atoms with E-state index in [0.717, 1.165) is 24.9 Å². The Hall–Kier alpha value is -2.30. The number of amides is 1. The summed E-state index contributed by atoms with van der Waals surface area (Å²) in [5, 5.41) is 7.67. The van der Waals surface area contributed by atoms with E-state index in [1.165, 1.54) is 0 Å². The van der Waals surface area contributed by atoms with E-state index in [9.17, 15) is 4.79 Å². The van der Waals surface area contributed by atoms with E-state index in [1.807, 2.05) is 30.3 Å². The fourth-order valence-corrected chi connectivity index (χ4v) is 3.83. The first-order valence-electron chi connectivity index (χ1n) is 9.50. The lowest BCUT2D eigenvalue weighted by Gasteiger charge is -2.13. The van der Waals surface area contributed by atoms with Crippen LogP contribution >= 0.6 is 50.1 Å². The van der Waals surface area contributed by atoms with E-state index in [1.54, 1.807) is 43.7 Å². The van der Waals surface area contributed by atoms with E-state index >= 15 is 0 Å². The molecule has 3 aromatic rings. The summed E-state index contributed by atoms with van der Waals surface area (Å²) in [6.07, 6.45) is 1.56. The number of anilines is 1. The fourth-order valence-electron chi connectivity index (χ4n) is 2.66. The lowest BCUT2D eigenvalue weighted by Crippen LogP contribution is -2.25. The summed E-state index contributed by atoms with van der Waals surface area (Å²) in [6, 6.07) is 18.7. The van der Waals surface area contributed by atoms with Crippen LogP contribution in [0.1, 0.15) is 11.1 Å². The first kappa shape index (κ1) is 24.3. The van der Waals surface area contributed by atoms with Gasteiger partial charge < -0.3 is 14.8 Å². The predicted octanol–water partition coefficient (Wildman–Crippen LogP) is 5.86. The van der Waals surface area contributed by atoms with Crippen molar-refractivity contribution in [3.8, 4) is 11.5 Å². The van der Waals surface area contributed by atoms with Crippen molar-refractivity contribution in [1.29, 1.82) is 0 Å². The van der Waals surface area contributed by atoms with Gasteiger partial charge in [0, 0.05) is 15.2 Å². The van der Waals surface area contributed by atoms with Crippen LogP contribution < -0.4 is 20.2 Å². The molecule has 0 fully saturated rings. The van der Waals surface area contributed by atoms with Crippen molar-refractivity contribution in [3.63, 3.8) is 0 Å². The SMILES string of the molecule is COc1cc(/C=N\NC(=O)CNc2ccc(Cl)cc2)cc(I)c1OCc1ccc(Br)cc1. The lowest BCUT2D eigenvalue weighted by atomic mass is 10.2. The highest BCUT2D eigenvalue weighted by Crippen LogP contribution is 2.34. The molecule has 9 heteroatoms. The highest BCUT2D eigenvalue weighted by Gasteiger charge is 2.11. The van der Waals surface area contributed by atoms with Crippen LogP contribution in [-0.4, -0.2) is 25.8 Å². The number of nitrogens with zero attached hydrogens (tertiary/aromatic N) is 1. The summed E-state index contributed by atoms with van der Waals surface area (Å²) >= 11 is 11.5. The first-order valence-corrected chi connectivity index (χ1v) is 11.8. The highest BCUT2D eigenvalue weighted by atomic mass is 127. The largest absolute Gasteiger partial charge is 0.493 e. The van der Waals surface area contributed by atoms with Gasteiger partial charge in [-0.1, -0.05) is 39.7 Å². The van der Waals surface area contributed by atoms with Gasteiger partial charge >= 0.3 is 0 Å². The molecule has 0 saturated carbocycles. The summed E-state index contributed by atoms with van der Waals surface area (Å²) in [5.74, 6) is 0.975. The quantitative estimate of drug-likeness (QED) is 0.177. The molecule has 0 radical (unpaired) electrons. The van der Waals surface area contributed by atoms with Crippen LogP contribution in [0.2, 0.25) is 5.02 Å². The monoisotopic (exact) mass is 627 g/mol. The van der Waals surface area contributed by atoms with Gasteiger partial charge in [0.2, 0.25) is 0 Å². The number of carbonyl (C=O) groups is 1. The van der Waals surface area contributed by atoms with E-state index < -0.39 is 0 Å². The molecule has 3 aromatic carbocycles. The van der Waals surface area contributed by atoms with E-state index in [2.05, 4.69) is 54.4 Å². The van der Waals surface area contributed by atoms with Crippen LogP contribution in [0.5, 0.6) is 11.5 Å². The van der Waals surface area contributed by atoms with Crippen molar-refractivity contribution in [2.45, 2.75) is 6.61 Å². The maximum absolute atomic E-state index is 12.0. The minimum Gasteiger partial charge on any atom is -0.493 e. The molecule has 0 aromatic heterocycles. The van der Waals surface area contributed by atoms with Gasteiger partial charge in [-0.3, -0.25) is 4.79 Å². The average Bonchev–Trinajstić information content (AvgIpc) is 2.79. The molecule has 0 aliphatic rings. The zero-order valence-electron chi connectivity index (χ0n) is 17.1. The molecule has 0 atom stereocenters. The van der Waals surface area contributed by atoms with Gasteiger partial charge in [0.1, 0.15) is 6.61 Å². The molecule has 0 bridgehead atoms. The van der Waals surface area contributed by atoms with E-state index in [0.29, 0.717) is 23.1 Å². The normalized spacial score (nSPS) is 10.8. The van der Waals surface area contributed by atoms with Crippen molar-refractivity contribution in [2.24, 2.45) is 5.10 Å². The minimum absolute atomic E-state index is 0.0860. The maximum Gasteiger partial charge on any atom is 0.259 e. The standard InChI is InChI=1S/C23H20BrClIN3O3/c1-31-21-11-16(10-20(26)23(21)32-14-15-2-4-17(24)5-3-15)12-28-29-22(30)13-27-19-8-6-18(25)7-9-19/h2-12,27H,13-14H2,1H3,(H,29,30)/b28-12-. The van der Waals surface area contributed by atoms with Crippen LogP contribution in [0.15, 0.2) is 70.2 Å². The average molecular weight is 629 g/mol. The molecular formula is C23H20BrClIN3O3. The van der Waals surface area contributed by atoms with Gasteiger partial charge in [0.15, 0.2) is 11.5 Å². The number of carbonyl (C=O) groups excluding carboxylic acids is 1. The Kier molecular flexibility index (Phi) is 9.19. The van der Waals surface area contributed by atoms with Crippen molar-refractivity contribution in [1.82, 2.24) is 5.43 Å². The van der Waals surface area contributed by atoms with Crippen LogP contribution in [0.25, 0.3) is 0 Å². The molecular weight excluding hydrogens is 609 g/mol. The number of hydrazone groups is 1. The second kappa shape index (κ2) is 12.1. The van der Waals surface area contributed by atoms with Crippen LogP contribution in [0.4, 0.5) is 5.69 Å². The van der Waals surface area contributed by atoms with E-state index in [-0.39, 0.29) is 12.5 Å². The Labute approximate surface area is 213 Å². The molecule has 32 heavy (non-hydrogen) atoms. The minimum atomic E-state index is -0.271.